The molecule has 0 saturated carbocycles. The molecule has 1 aromatic rings. The fraction of sp³-hybridized carbons (Fsp3) is 0.400. The van der Waals surface area contributed by atoms with Gasteiger partial charge in [-0.05, 0) is 62.6 Å². The zero-order valence-electron chi connectivity index (χ0n) is 7.43. The normalized spacial score (nSPS) is 17.3. The highest BCUT2D eigenvalue weighted by Gasteiger charge is 2.23. The molecule has 1 aromatic carbocycles. The third-order valence-corrected chi connectivity index (χ3v) is 3.62. The Morgan fingerprint density at radius 1 is 1.46 bits per heavy atom. The van der Waals surface area contributed by atoms with E-state index in [1.54, 1.807) is 0 Å². The summed E-state index contributed by atoms with van der Waals surface area (Å²) < 4.78 is 2.49. The first-order chi connectivity index (χ1) is 6.16. The lowest BCUT2D eigenvalue weighted by Crippen LogP contribution is -2.45. The first-order valence-electron chi connectivity index (χ1n) is 4.37. The number of nitrogens with zero attached hydrogens (tertiary/aromatic N) is 1. The molecule has 0 bridgehead atoms. The van der Waals surface area contributed by atoms with Crippen molar-refractivity contribution in [2.75, 3.05) is 18.0 Å². The Hall–Kier alpha value is 0.230. The Morgan fingerprint density at radius 3 is 2.69 bits per heavy atom. The van der Waals surface area contributed by atoms with Gasteiger partial charge in [0.05, 0.1) is 5.69 Å². The molecule has 1 saturated heterocycles. The molecule has 0 spiro atoms. The van der Waals surface area contributed by atoms with E-state index in [1.165, 1.54) is 26.8 Å². The van der Waals surface area contributed by atoms with E-state index in [2.05, 4.69) is 68.5 Å². The molecule has 1 aliphatic heterocycles. The molecule has 3 heteroatoms. The van der Waals surface area contributed by atoms with Gasteiger partial charge < -0.3 is 4.90 Å². The molecule has 2 rings (SSSR count). The molecule has 1 aliphatic rings. The Kier molecular flexibility index (Phi) is 2.83. The third kappa shape index (κ3) is 2.01. The van der Waals surface area contributed by atoms with Crippen LogP contribution >= 0.6 is 38.5 Å². The van der Waals surface area contributed by atoms with Crippen LogP contribution in [0.25, 0.3) is 0 Å². The summed E-state index contributed by atoms with van der Waals surface area (Å²) in [6, 6.07) is 6.51. The molecule has 0 radical (unpaired) electrons. The van der Waals surface area contributed by atoms with Gasteiger partial charge in [-0.1, -0.05) is 6.92 Å². The molecule has 13 heavy (non-hydrogen) atoms. The average Bonchev–Trinajstić information content (AvgIpc) is 2.00. The van der Waals surface area contributed by atoms with Crippen LogP contribution in [0.3, 0.4) is 0 Å². The maximum absolute atomic E-state index is 3.60. The van der Waals surface area contributed by atoms with Gasteiger partial charge in [0.1, 0.15) is 0 Å². The summed E-state index contributed by atoms with van der Waals surface area (Å²) in [5, 5.41) is 0. The monoisotopic (exact) mass is 351 g/mol. The van der Waals surface area contributed by atoms with Crippen LogP contribution < -0.4 is 4.90 Å². The fourth-order valence-electron chi connectivity index (χ4n) is 1.63. The van der Waals surface area contributed by atoms with Gasteiger partial charge in [0.25, 0.3) is 0 Å². The largest absolute Gasteiger partial charge is 0.370 e. The number of hydrogen-bond donors (Lipinski definition) is 0. The lowest BCUT2D eigenvalue weighted by molar-refractivity contribution is 0.447. The summed E-state index contributed by atoms with van der Waals surface area (Å²) in [7, 11) is 0. The van der Waals surface area contributed by atoms with Crippen molar-refractivity contribution < 1.29 is 0 Å². The number of anilines is 1. The second-order valence-corrected chi connectivity index (χ2v) is 5.71. The van der Waals surface area contributed by atoms with Crippen LogP contribution in [0.5, 0.6) is 0 Å². The Morgan fingerprint density at radius 2 is 2.15 bits per heavy atom. The molecule has 1 fully saturated rings. The molecule has 1 nitrogen and oxygen atoms in total. The summed E-state index contributed by atoms with van der Waals surface area (Å²) in [5.41, 5.74) is 1.33. The standard InChI is InChI=1S/C10H11BrIN/c1-7-5-13(6-7)10-3-2-8(12)4-9(10)11/h2-4,7H,5-6H2,1H3. The number of benzene rings is 1. The first kappa shape index (κ1) is 9.77. The Labute approximate surface area is 101 Å². The van der Waals surface area contributed by atoms with Gasteiger partial charge in [-0.3, -0.25) is 0 Å². The van der Waals surface area contributed by atoms with Crippen molar-refractivity contribution in [1.29, 1.82) is 0 Å². The predicted molar refractivity (Wildman–Crippen MR) is 68.2 cm³/mol. The minimum Gasteiger partial charge on any atom is -0.370 e. The lowest BCUT2D eigenvalue weighted by atomic mass is 10.0. The van der Waals surface area contributed by atoms with E-state index >= 15 is 0 Å². The van der Waals surface area contributed by atoms with Crippen molar-refractivity contribution in [3.63, 3.8) is 0 Å². The molecular weight excluding hydrogens is 341 g/mol. The van der Waals surface area contributed by atoms with Gasteiger partial charge in [-0.25, -0.2) is 0 Å². The number of rotatable bonds is 1. The Balaban J connectivity index is 2.21. The third-order valence-electron chi connectivity index (χ3n) is 2.31. The zero-order valence-corrected chi connectivity index (χ0v) is 11.2. The van der Waals surface area contributed by atoms with Crippen molar-refractivity contribution in [2.24, 2.45) is 5.92 Å². The van der Waals surface area contributed by atoms with Gasteiger partial charge in [-0.2, -0.15) is 0 Å². The van der Waals surface area contributed by atoms with Crippen LogP contribution in [-0.2, 0) is 0 Å². The van der Waals surface area contributed by atoms with Crippen LogP contribution in [0.15, 0.2) is 22.7 Å². The van der Waals surface area contributed by atoms with Gasteiger partial charge >= 0.3 is 0 Å². The van der Waals surface area contributed by atoms with Crippen LogP contribution in [0.2, 0.25) is 0 Å². The fourth-order valence-corrected chi connectivity index (χ4v) is 3.18. The summed E-state index contributed by atoms with van der Waals surface area (Å²) in [4.78, 5) is 2.41. The van der Waals surface area contributed by atoms with Crippen LogP contribution in [-0.4, -0.2) is 13.1 Å². The average molecular weight is 352 g/mol. The van der Waals surface area contributed by atoms with Gasteiger partial charge in [0.2, 0.25) is 0 Å². The van der Waals surface area contributed by atoms with E-state index in [1.807, 2.05) is 0 Å². The second kappa shape index (κ2) is 3.77. The maximum Gasteiger partial charge on any atom is 0.0511 e. The van der Waals surface area contributed by atoms with E-state index in [9.17, 15) is 0 Å². The lowest BCUT2D eigenvalue weighted by Gasteiger charge is -2.39. The van der Waals surface area contributed by atoms with E-state index in [4.69, 9.17) is 0 Å². The van der Waals surface area contributed by atoms with Gasteiger partial charge in [0, 0.05) is 21.1 Å². The van der Waals surface area contributed by atoms with Crippen LogP contribution in [0, 0.1) is 9.49 Å². The van der Waals surface area contributed by atoms with E-state index in [-0.39, 0.29) is 0 Å². The molecular formula is C10H11BrIN. The molecule has 70 valence electrons. The minimum absolute atomic E-state index is 0.853. The predicted octanol–water partition coefficient (Wildman–Crippen LogP) is 3.51. The second-order valence-electron chi connectivity index (χ2n) is 3.61. The number of hydrogen-bond acceptors (Lipinski definition) is 1. The quantitative estimate of drug-likeness (QED) is 0.700. The van der Waals surface area contributed by atoms with Crippen molar-refractivity contribution >= 4 is 44.2 Å². The topological polar surface area (TPSA) is 3.24 Å². The van der Waals surface area contributed by atoms with Gasteiger partial charge in [0.15, 0.2) is 0 Å². The molecule has 0 unspecified atom stereocenters. The van der Waals surface area contributed by atoms with E-state index in [0.717, 1.165) is 5.92 Å². The highest BCUT2D eigenvalue weighted by atomic mass is 127. The van der Waals surface area contributed by atoms with Crippen LogP contribution in [0.1, 0.15) is 6.92 Å². The van der Waals surface area contributed by atoms with E-state index in [0.29, 0.717) is 0 Å². The Bertz CT molecular complexity index is 321. The van der Waals surface area contributed by atoms with Crippen molar-refractivity contribution in [3.05, 3.63) is 26.2 Å². The minimum atomic E-state index is 0.853. The number of halogens is 2. The van der Waals surface area contributed by atoms with Gasteiger partial charge in [-0.15, -0.1) is 0 Å². The summed E-state index contributed by atoms with van der Waals surface area (Å²) in [6.07, 6.45) is 0. The zero-order chi connectivity index (χ0) is 9.42. The smallest absolute Gasteiger partial charge is 0.0511 e. The first-order valence-corrected chi connectivity index (χ1v) is 6.24. The van der Waals surface area contributed by atoms with Crippen molar-refractivity contribution in [3.8, 4) is 0 Å². The van der Waals surface area contributed by atoms with Crippen LogP contribution in [0.4, 0.5) is 5.69 Å². The molecule has 1 heterocycles. The molecule has 0 aromatic heterocycles. The SMILES string of the molecule is CC1CN(c2ccc(I)cc2Br)C1. The molecule has 0 atom stereocenters. The maximum atomic E-state index is 3.60. The summed E-state index contributed by atoms with van der Waals surface area (Å²) in [6.45, 7) is 4.68. The molecule has 0 N–H and O–H groups in total. The molecule has 0 amide bonds. The molecule has 0 aliphatic carbocycles. The van der Waals surface area contributed by atoms with E-state index < -0.39 is 0 Å². The summed E-state index contributed by atoms with van der Waals surface area (Å²) in [5.74, 6) is 0.853. The summed E-state index contributed by atoms with van der Waals surface area (Å²) >= 11 is 5.93. The van der Waals surface area contributed by atoms with Crippen molar-refractivity contribution in [1.82, 2.24) is 0 Å². The highest BCUT2D eigenvalue weighted by Crippen LogP contribution is 2.32. The highest BCUT2D eigenvalue weighted by molar-refractivity contribution is 14.1. The van der Waals surface area contributed by atoms with Crippen molar-refractivity contribution in [2.45, 2.75) is 6.92 Å².